The minimum absolute atomic E-state index is 0.0369. The first-order chi connectivity index (χ1) is 7.30. The maximum absolute atomic E-state index is 9.16. The van der Waals surface area contributed by atoms with Crippen molar-refractivity contribution < 1.29 is 9.84 Å². The Labute approximate surface area is 88.1 Å². The van der Waals surface area contributed by atoms with Crippen molar-refractivity contribution in [1.29, 1.82) is 0 Å². The van der Waals surface area contributed by atoms with Crippen LogP contribution in [0.4, 0.5) is 0 Å². The number of aromatic nitrogens is 2. The van der Waals surface area contributed by atoms with E-state index >= 15 is 0 Å². The van der Waals surface area contributed by atoms with Crippen LogP contribution in [0.5, 0.6) is 5.75 Å². The summed E-state index contributed by atoms with van der Waals surface area (Å²) in [6.07, 6.45) is 0. The average molecular weight is 206 g/mol. The second kappa shape index (κ2) is 3.90. The number of methoxy groups -OCH3 is 1. The predicted molar refractivity (Wildman–Crippen MR) is 57.9 cm³/mol. The molecule has 0 unspecified atom stereocenters. The molecule has 1 heterocycles. The molecule has 0 atom stereocenters. The molecule has 4 nitrogen and oxygen atoms in total. The number of fused-ring (bicyclic) bond motifs is 1. The molecule has 4 heteroatoms. The van der Waals surface area contributed by atoms with E-state index in [1.165, 1.54) is 0 Å². The highest BCUT2D eigenvalue weighted by atomic mass is 16.5. The van der Waals surface area contributed by atoms with Crippen LogP contribution in [0.1, 0.15) is 12.7 Å². The van der Waals surface area contributed by atoms with Crippen LogP contribution in [0.3, 0.4) is 0 Å². The summed E-state index contributed by atoms with van der Waals surface area (Å²) in [7, 11) is 1.63. The number of nitrogens with zero attached hydrogens (tertiary/aromatic N) is 2. The second-order valence-corrected chi connectivity index (χ2v) is 3.29. The fourth-order valence-corrected chi connectivity index (χ4v) is 1.76. The van der Waals surface area contributed by atoms with E-state index in [1.54, 1.807) is 7.11 Å². The molecule has 0 saturated heterocycles. The van der Waals surface area contributed by atoms with Gasteiger partial charge in [-0.3, -0.25) is 0 Å². The van der Waals surface area contributed by atoms with Crippen LogP contribution in [-0.2, 0) is 13.2 Å². The molecule has 80 valence electrons. The first-order valence-electron chi connectivity index (χ1n) is 4.94. The third kappa shape index (κ3) is 1.57. The molecule has 0 aliphatic heterocycles. The van der Waals surface area contributed by atoms with Gasteiger partial charge in [0, 0.05) is 12.6 Å². The number of imidazole rings is 1. The summed E-state index contributed by atoms with van der Waals surface area (Å²) in [5.74, 6) is 1.48. The number of benzene rings is 1. The van der Waals surface area contributed by atoms with Gasteiger partial charge >= 0.3 is 0 Å². The Morgan fingerprint density at radius 1 is 1.47 bits per heavy atom. The molecule has 0 radical (unpaired) electrons. The highest BCUT2D eigenvalue weighted by Gasteiger charge is 2.08. The number of rotatable bonds is 3. The lowest BCUT2D eigenvalue weighted by Crippen LogP contribution is -2.00. The number of hydrogen-bond acceptors (Lipinski definition) is 3. The lowest BCUT2D eigenvalue weighted by Gasteiger charge is -2.03. The van der Waals surface area contributed by atoms with E-state index in [4.69, 9.17) is 9.84 Å². The number of aryl methyl sites for hydroxylation is 1. The topological polar surface area (TPSA) is 47.3 Å². The zero-order chi connectivity index (χ0) is 10.8. The zero-order valence-corrected chi connectivity index (χ0v) is 8.90. The summed E-state index contributed by atoms with van der Waals surface area (Å²) < 4.78 is 7.12. The largest absolute Gasteiger partial charge is 0.497 e. The van der Waals surface area contributed by atoms with Crippen molar-refractivity contribution in [2.24, 2.45) is 0 Å². The van der Waals surface area contributed by atoms with Crippen molar-refractivity contribution in [2.75, 3.05) is 7.11 Å². The molecule has 0 bridgehead atoms. The number of aliphatic hydroxyl groups excluding tert-OH is 1. The molecule has 1 N–H and O–H groups in total. The lowest BCUT2D eigenvalue weighted by molar-refractivity contribution is 0.266. The van der Waals surface area contributed by atoms with Crippen molar-refractivity contribution in [2.45, 2.75) is 20.1 Å². The van der Waals surface area contributed by atoms with Gasteiger partial charge < -0.3 is 14.4 Å². The Balaban J connectivity index is 2.65. The second-order valence-electron chi connectivity index (χ2n) is 3.29. The molecule has 1 aromatic heterocycles. The summed E-state index contributed by atoms with van der Waals surface area (Å²) in [5, 5.41) is 9.16. The molecule has 2 aromatic rings. The molecule has 15 heavy (non-hydrogen) atoms. The van der Waals surface area contributed by atoms with Gasteiger partial charge in [-0.2, -0.15) is 0 Å². The van der Waals surface area contributed by atoms with E-state index in [2.05, 4.69) is 4.98 Å². The molecule has 2 rings (SSSR count). The normalized spacial score (nSPS) is 10.9. The molecular formula is C11H14N2O2. The SMILES string of the molecule is CCn1c(CO)nc2cc(OC)ccc21. The molecule has 0 saturated carbocycles. The molecular weight excluding hydrogens is 192 g/mol. The van der Waals surface area contributed by atoms with Crippen LogP contribution >= 0.6 is 0 Å². The Morgan fingerprint density at radius 2 is 2.27 bits per heavy atom. The Morgan fingerprint density at radius 3 is 2.87 bits per heavy atom. The van der Waals surface area contributed by atoms with Crippen LogP contribution in [0, 0.1) is 0 Å². The fourth-order valence-electron chi connectivity index (χ4n) is 1.76. The summed E-state index contributed by atoms with van der Waals surface area (Å²) in [6, 6.07) is 5.74. The zero-order valence-electron chi connectivity index (χ0n) is 8.90. The average Bonchev–Trinajstić information content (AvgIpc) is 2.65. The van der Waals surface area contributed by atoms with Crippen LogP contribution in [-0.4, -0.2) is 21.8 Å². The van der Waals surface area contributed by atoms with Gasteiger partial charge in [-0.15, -0.1) is 0 Å². The Kier molecular flexibility index (Phi) is 2.60. The van der Waals surface area contributed by atoms with Crippen molar-refractivity contribution in [1.82, 2.24) is 9.55 Å². The highest BCUT2D eigenvalue weighted by Crippen LogP contribution is 2.21. The van der Waals surface area contributed by atoms with E-state index in [9.17, 15) is 0 Å². The molecule has 0 fully saturated rings. The van der Waals surface area contributed by atoms with E-state index < -0.39 is 0 Å². The fraction of sp³-hybridized carbons (Fsp3) is 0.364. The lowest BCUT2D eigenvalue weighted by atomic mass is 10.3. The monoisotopic (exact) mass is 206 g/mol. The summed E-state index contributed by atoms with van der Waals surface area (Å²) in [4.78, 5) is 4.34. The number of ether oxygens (including phenoxy) is 1. The van der Waals surface area contributed by atoms with Crippen molar-refractivity contribution in [3.05, 3.63) is 24.0 Å². The first kappa shape index (κ1) is 9.98. The molecule has 0 spiro atoms. The van der Waals surface area contributed by atoms with Gasteiger partial charge in [0.2, 0.25) is 0 Å². The van der Waals surface area contributed by atoms with Crippen molar-refractivity contribution in [3.63, 3.8) is 0 Å². The van der Waals surface area contributed by atoms with Crippen molar-refractivity contribution >= 4 is 11.0 Å². The highest BCUT2D eigenvalue weighted by molar-refractivity contribution is 5.77. The third-order valence-corrected chi connectivity index (χ3v) is 2.49. The maximum atomic E-state index is 9.16. The first-order valence-corrected chi connectivity index (χ1v) is 4.94. The van der Waals surface area contributed by atoms with E-state index in [-0.39, 0.29) is 6.61 Å². The van der Waals surface area contributed by atoms with Gasteiger partial charge in [-0.25, -0.2) is 4.98 Å². The van der Waals surface area contributed by atoms with E-state index in [0.29, 0.717) is 5.82 Å². The minimum atomic E-state index is -0.0369. The summed E-state index contributed by atoms with van der Waals surface area (Å²) >= 11 is 0. The minimum Gasteiger partial charge on any atom is -0.497 e. The van der Waals surface area contributed by atoms with Crippen LogP contribution in [0.25, 0.3) is 11.0 Å². The van der Waals surface area contributed by atoms with Gasteiger partial charge in [0.05, 0.1) is 18.1 Å². The Bertz CT molecular complexity index is 477. The quantitative estimate of drug-likeness (QED) is 0.829. The molecule has 0 aliphatic carbocycles. The van der Waals surface area contributed by atoms with Gasteiger partial charge in [0.1, 0.15) is 18.2 Å². The Hall–Kier alpha value is -1.55. The molecule has 0 amide bonds. The molecule has 0 aliphatic rings. The van der Waals surface area contributed by atoms with Crippen LogP contribution < -0.4 is 4.74 Å². The maximum Gasteiger partial charge on any atom is 0.135 e. The van der Waals surface area contributed by atoms with E-state index in [1.807, 2.05) is 29.7 Å². The summed E-state index contributed by atoms with van der Waals surface area (Å²) in [5.41, 5.74) is 1.89. The predicted octanol–water partition coefficient (Wildman–Crippen LogP) is 1.56. The van der Waals surface area contributed by atoms with E-state index in [0.717, 1.165) is 23.3 Å². The van der Waals surface area contributed by atoms with Crippen molar-refractivity contribution in [3.8, 4) is 5.75 Å². The van der Waals surface area contributed by atoms with Crippen LogP contribution in [0.2, 0.25) is 0 Å². The van der Waals surface area contributed by atoms with Crippen LogP contribution in [0.15, 0.2) is 18.2 Å². The standard InChI is InChI=1S/C11H14N2O2/c1-3-13-10-5-4-8(15-2)6-9(10)12-11(13)7-14/h4-6,14H,3,7H2,1-2H3. The van der Waals surface area contributed by atoms with Gasteiger partial charge in [-0.1, -0.05) is 0 Å². The summed E-state index contributed by atoms with van der Waals surface area (Å²) in [6.45, 7) is 2.80. The molecule has 1 aromatic carbocycles. The smallest absolute Gasteiger partial charge is 0.135 e. The van der Waals surface area contributed by atoms with Gasteiger partial charge in [0.15, 0.2) is 0 Å². The number of aliphatic hydroxyl groups is 1. The third-order valence-electron chi connectivity index (χ3n) is 2.49. The van der Waals surface area contributed by atoms with Gasteiger partial charge in [-0.05, 0) is 19.1 Å². The van der Waals surface area contributed by atoms with Gasteiger partial charge in [0.25, 0.3) is 0 Å². The number of hydrogen-bond donors (Lipinski definition) is 1.